The van der Waals surface area contributed by atoms with E-state index >= 15 is 0 Å². The molecule has 5 nitrogen and oxygen atoms in total. The Hall–Kier alpha value is -1.60. The highest BCUT2D eigenvalue weighted by Crippen LogP contribution is 2.33. The predicted octanol–water partition coefficient (Wildman–Crippen LogP) is 1.68. The quantitative estimate of drug-likeness (QED) is 0.695. The van der Waals surface area contributed by atoms with Crippen molar-refractivity contribution in [2.75, 3.05) is 30.3 Å². The molecule has 106 valence electrons. The van der Waals surface area contributed by atoms with E-state index < -0.39 is 25.5 Å². The van der Waals surface area contributed by atoms with Crippen molar-refractivity contribution in [3.05, 3.63) is 22.7 Å². The molecule has 0 spiro atoms. The molecule has 0 fully saturated rings. The number of rotatable bonds is 6. The lowest BCUT2D eigenvalue weighted by molar-refractivity contribution is 0.0696. The molecule has 0 saturated heterocycles. The van der Waals surface area contributed by atoms with E-state index in [1.165, 1.54) is 6.07 Å². The summed E-state index contributed by atoms with van der Waals surface area (Å²) in [6.07, 6.45) is -2.69. The van der Waals surface area contributed by atoms with Crippen LogP contribution in [0.4, 0.5) is 20.2 Å². The minimum atomic E-state index is -2.69. The first kappa shape index (κ1) is 15.5. The number of aromatic carboxylic acids is 1. The zero-order chi connectivity index (χ0) is 14.6. The molecule has 0 aliphatic heterocycles. The lowest BCUT2D eigenvalue weighted by Crippen LogP contribution is -2.33. The number of carbonyl (C=O) groups is 1. The number of nitrogens with zero attached hydrogens (tertiary/aromatic N) is 1. The number of hydrogen-bond donors (Lipinski definition) is 3. The number of aliphatic hydroxyl groups is 1. The first-order chi connectivity index (χ1) is 8.86. The number of aliphatic hydroxyl groups excluding tert-OH is 1. The highest BCUT2D eigenvalue weighted by atomic mass is 35.5. The third-order valence-corrected chi connectivity index (χ3v) is 2.65. The molecular weight excluding hydrogens is 282 g/mol. The molecule has 1 aromatic carbocycles. The average molecular weight is 295 g/mol. The van der Waals surface area contributed by atoms with Gasteiger partial charge in [-0.25, -0.2) is 13.6 Å². The number of anilines is 2. The van der Waals surface area contributed by atoms with Gasteiger partial charge in [0.05, 0.1) is 29.4 Å². The van der Waals surface area contributed by atoms with E-state index in [-0.39, 0.29) is 28.5 Å². The maximum absolute atomic E-state index is 12.5. The van der Waals surface area contributed by atoms with Gasteiger partial charge in [0.25, 0.3) is 6.43 Å². The molecule has 1 rings (SSSR count). The number of halogens is 3. The molecule has 8 heteroatoms. The summed E-state index contributed by atoms with van der Waals surface area (Å²) in [5, 5.41) is 17.9. The maximum Gasteiger partial charge on any atom is 0.337 e. The smallest absolute Gasteiger partial charge is 0.337 e. The molecule has 0 amide bonds. The van der Waals surface area contributed by atoms with E-state index in [0.29, 0.717) is 0 Å². The van der Waals surface area contributed by atoms with E-state index in [1.54, 1.807) is 0 Å². The lowest BCUT2D eigenvalue weighted by Gasteiger charge is -2.26. The lowest BCUT2D eigenvalue weighted by atomic mass is 10.1. The van der Waals surface area contributed by atoms with Gasteiger partial charge in [-0.2, -0.15) is 0 Å². The molecule has 19 heavy (non-hydrogen) atoms. The first-order valence-corrected chi connectivity index (χ1v) is 5.71. The van der Waals surface area contributed by atoms with Crippen LogP contribution < -0.4 is 10.6 Å². The van der Waals surface area contributed by atoms with Gasteiger partial charge in [0.2, 0.25) is 0 Å². The number of nitrogen functional groups attached to an aromatic ring is 1. The van der Waals surface area contributed by atoms with Gasteiger partial charge in [0, 0.05) is 12.2 Å². The summed E-state index contributed by atoms with van der Waals surface area (Å²) in [7, 11) is 0. The Labute approximate surface area is 113 Å². The van der Waals surface area contributed by atoms with Crippen molar-refractivity contribution in [3.8, 4) is 0 Å². The van der Waals surface area contributed by atoms with Crippen LogP contribution >= 0.6 is 11.6 Å². The summed E-state index contributed by atoms with van der Waals surface area (Å²) in [6, 6.07) is 2.42. The molecular formula is C11H13ClF2N2O3. The van der Waals surface area contributed by atoms with Crippen molar-refractivity contribution in [1.82, 2.24) is 0 Å². The number of carboxylic acids is 1. The van der Waals surface area contributed by atoms with Crippen LogP contribution in [-0.4, -0.2) is 42.3 Å². The van der Waals surface area contributed by atoms with Gasteiger partial charge in [0.1, 0.15) is 0 Å². The van der Waals surface area contributed by atoms with Crippen LogP contribution in [0.3, 0.4) is 0 Å². The minimum absolute atomic E-state index is 0.0495. The Morgan fingerprint density at radius 3 is 2.58 bits per heavy atom. The number of alkyl halides is 2. The zero-order valence-electron chi connectivity index (χ0n) is 9.81. The second kappa shape index (κ2) is 6.53. The fraction of sp³-hybridized carbons (Fsp3) is 0.364. The zero-order valence-corrected chi connectivity index (χ0v) is 10.6. The van der Waals surface area contributed by atoms with E-state index in [1.807, 2.05) is 0 Å². The van der Waals surface area contributed by atoms with E-state index in [2.05, 4.69) is 0 Å². The Morgan fingerprint density at radius 2 is 2.11 bits per heavy atom. The number of hydrogen-bond acceptors (Lipinski definition) is 4. The summed E-state index contributed by atoms with van der Waals surface area (Å²) in [5.41, 5.74) is 5.25. The van der Waals surface area contributed by atoms with E-state index in [0.717, 1.165) is 11.0 Å². The van der Waals surface area contributed by atoms with Gasteiger partial charge in [-0.05, 0) is 12.1 Å². The second-order valence-electron chi connectivity index (χ2n) is 3.76. The Balaban J connectivity index is 3.31. The van der Waals surface area contributed by atoms with Gasteiger partial charge >= 0.3 is 5.97 Å². The van der Waals surface area contributed by atoms with Crippen molar-refractivity contribution in [3.63, 3.8) is 0 Å². The summed E-state index contributed by atoms with van der Waals surface area (Å²) >= 11 is 5.88. The standard InChI is InChI=1S/C11H13ClF2N2O3/c12-8-4-6(15)3-7(11(18)19)10(8)16(1-2-17)5-9(13)14/h3-4,9,17H,1-2,5,15H2,(H,18,19). The molecule has 1 aromatic rings. The van der Waals surface area contributed by atoms with Crippen molar-refractivity contribution in [2.45, 2.75) is 6.43 Å². The largest absolute Gasteiger partial charge is 0.478 e. The number of nitrogens with two attached hydrogens (primary N) is 1. The van der Waals surface area contributed by atoms with E-state index in [4.69, 9.17) is 27.5 Å². The van der Waals surface area contributed by atoms with Crippen LogP contribution in [0.15, 0.2) is 12.1 Å². The molecule has 0 aliphatic carbocycles. The van der Waals surface area contributed by atoms with Crippen molar-refractivity contribution in [2.24, 2.45) is 0 Å². The van der Waals surface area contributed by atoms with Gasteiger partial charge in [0.15, 0.2) is 0 Å². The summed E-state index contributed by atoms with van der Waals surface area (Å²) in [6.45, 7) is -1.30. The van der Waals surface area contributed by atoms with Crippen LogP contribution in [0.25, 0.3) is 0 Å². The van der Waals surface area contributed by atoms with Crippen LogP contribution in [0.2, 0.25) is 5.02 Å². The third kappa shape index (κ3) is 3.93. The SMILES string of the molecule is Nc1cc(Cl)c(N(CCO)CC(F)F)c(C(=O)O)c1. The summed E-state index contributed by atoms with van der Waals surface area (Å²) < 4.78 is 25.0. The van der Waals surface area contributed by atoms with Crippen molar-refractivity contribution >= 4 is 28.9 Å². The number of benzene rings is 1. The second-order valence-corrected chi connectivity index (χ2v) is 4.17. The van der Waals surface area contributed by atoms with Crippen LogP contribution in [-0.2, 0) is 0 Å². The maximum atomic E-state index is 12.5. The fourth-order valence-electron chi connectivity index (χ4n) is 1.69. The molecule has 0 heterocycles. The highest BCUT2D eigenvalue weighted by Gasteiger charge is 2.22. The molecule has 0 unspecified atom stereocenters. The highest BCUT2D eigenvalue weighted by molar-refractivity contribution is 6.34. The average Bonchev–Trinajstić information content (AvgIpc) is 2.26. The molecule has 0 aliphatic rings. The van der Waals surface area contributed by atoms with Crippen molar-refractivity contribution in [1.29, 1.82) is 0 Å². The Morgan fingerprint density at radius 1 is 1.47 bits per heavy atom. The molecule has 0 radical (unpaired) electrons. The minimum Gasteiger partial charge on any atom is -0.478 e. The van der Waals surface area contributed by atoms with Gasteiger partial charge in [-0.3, -0.25) is 0 Å². The first-order valence-electron chi connectivity index (χ1n) is 5.33. The molecule has 0 saturated carbocycles. The third-order valence-electron chi connectivity index (χ3n) is 2.36. The normalized spacial score (nSPS) is 10.8. The molecule has 4 N–H and O–H groups in total. The van der Waals surface area contributed by atoms with Crippen LogP contribution in [0.1, 0.15) is 10.4 Å². The van der Waals surface area contributed by atoms with Crippen LogP contribution in [0, 0.1) is 0 Å². The summed E-state index contributed by atoms with van der Waals surface area (Å²) in [4.78, 5) is 12.2. The Bertz CT molecular complexity index is 471. The number of carboxylic acid groups (broad SMARTS) is 1. The van der Waals surface area contributed by atoms with Crippen molar-refractivity contribution < 1.29 is 23.8 Å². The topological polar surface area (TPSA) is 86.8 Å². The molecule has 0 aromatic heterocycles. The summed E-state index contributed by atoms with van der Waals surface area (Å²) in [5.74, 6) is -1.33. The monoisotopic (exact) mass is 294 g/mol. The van der Waals surface area contributed by atoms with Crippen LogP contribution in [0.5, 0.6) is 0 Å². The van der Waals surface area contributed by atoms with Gasteiger partial charge in [-0.15, -0.1) is 0 Å². The Kier molecular flexibility index (Phi) is 5.31. The van der Waals surface area contributed by atoms with Gasteiger partial charge in [-0.1, -0.05) is 11.6 Å². The van der Waals surface area contributed by atoms with E-state index in [9.17, 15) is 13.6 Å². The predicted molar refractivity (Wildman–Crippen MR) is 68.1 cm³/mol. The molecule has 0 bridgehead atoms. The van der Waals surface area contributed by atoms with Gasteiger partial charge < -0.3 is 20.8 Å². The fourth-order valence-corrected chi connectivity index (χ4v) is 2.03. The molecule has 0 atom stereocenters.